The quantitative estimate of drug-likeness (QED) is 0.392. The van der Waals surface area contributed by atoms with Crippen LogP contribution >= 0.6 is 23.2 Å². The zero-order valence-electron chi connectivity index (χ0n) is 13.8. The summed E-state index contributed by atoms with van der Waals surface area (Å²) in [4.78, 5) is 0. The minimum atomic E-state index is 0.0293. The van der Waals surface area contributed by atoms with E-state index in [1.165, 1.54) is 0 Å². The summed E-state index contributed by atoms with van der Waals surface area (Å²) < 4.78 is 11.5. The van der Waals surface area contributed by atoms with E-state index in [1.807, 2.05) is 31.2 Å². The van der Waals surface area contributed by atoms with Crippen molar-refractivity contribution in [1.82, 2.24) is 5.43 Å². The van der Waals surface area contributed by atoms with E-state index in [9.17, 15) is 0 Å². The molecule has 7 heteroatoms. The van der Waals surface area contributed by atoms with E-state index in [2.05, 4.69) is 10.5 Å². The zero-order valence-corrected chi connectivity index (χ0v) is 15.3. The molecule has 0 saturated heterocycles. The molecule has 0 atom stereocenters. The van der Waals surface area contributed by atoms with Crippen LogP contribution in [0, 0.1) is 0 Å². The van der Waals surface area contributed by atoms with Crippen LogP contribution in [0.25, 0.3) is 0 Å². The third kappa shape index (κ3) is 6.12. The van der Waals surface area contributed by atoms with E-state index in [0.29, 0.717) is 41.3 Å². The standard InChI is InChI=1S/C18H20Cl2N2O3/c1-2-24-18-9-13(11-22-21-7-8-23)3-6-17(18)25-12-14-4-5-15(19)10-16(14)20/h3-6,9-11,21,23H,2,7-8,12H2,1H3/b22-11+. The first kappa shape index (κ1) is 19.4. The molecule has 0 aliphatic rings. The van der Waals surface area contributed by atoms with Crippen LogP contribution < -0.4 is 14.9 Å². The van der Waals surface area contributed by atoms with Crippen molar-refractivity contribution >= 4 is 29.4 Å². The normalized spacial score (nSPS) is 10.9. The maximum Gasteiger partial charge on any atom is 0.161 e. The van der Waals surface area contributed by atoms with E-state index in [1.54, 1.807) is 18.3 Å². The third-order valence-corrected chi connectivity index (χ3v) is 3.78. The molecule has 0 aliphatic carbocycles. The van der Waals surface area contributed by atoms with Crippen LogP contribution in [0.15, 0.2) is 41.5 Å². The van der Waals surface area contributed by atoms with Crippen LogP contribution in [-0.4, -0.2) is 31.1 Å². The third-order valence-electron chi connectivity index (χ3n) is 3.19. The fourth-order valence-corrected chi connectivity index (χ4v) is 2.48. The fourth-order valence-electron chi connectivity index (χ4n) is 2.02. The largest absolute Gasteiger partial charge is 0.490 e. The van der Waals surface area contributed by atoms with Gasteiger partial charge in [0.2, 0.25) is 0 Å². The Kier molecular flexibility index (Phi) is 7.85. The molecule has 0 radical (unpaired) electrons. The van der Waals surface area contributed by atoms with Crippen LogP contribution in [0.3, 0.4) is 0 Å². The van der Waals surface area contributed by atoms with Crippen molar-refractivity contribution in [1.29, 1.82) is 0 Å². The van der Waals surface area contributed by atoms with Crippen LogP contribution in [0.2, 0.25) is 10.0 Å². The topological polar surface area (TPSA) is 63.1 Å². The van der Waals surface area contributed by atoms with Gasteiger partial charge in [0.05, 0.1) is 26.0 Å². The smallest absolute Gasteiger partial charge is 0.161 e. The highest BCUT2D eigenvalue weighted by Crippen LogP contribution is 2.30. The lowest BCUT2D eigenvalue weighted by molar-refractivity contribution is 0.269. The lowest BCUT2D eigenvalue weighted by atomic mass is 10.2. The van der Waals surface area contributed by atoms with Gasteiger partial charge in [0, 0.05) is 15.6 Å². The lowest BCUT2D eigenvalue weighted by Gasteiger charge is -2.13. The minimum absolute atomic E-state index is 0.0293. The van der Waals surface area contributed by atoms with Crippen molar-refractivity contribution in [2.45, 2.75) is 13.5 Å². The molecule has 2 aromatic carbocycles. The van der Waals surface area contributed by atoms with Gasteiger partial charge in [0.1, 0.15) is 6.61 Å². The van der Waals surface area contributed by atoms with Gasteiger partial charge in [-0.25, -0.2) is 0 Å². The Bertz CT molecular complexity index is 723. The van der Waals surface area contributed by atoms with Crippen LogP contribution in [0.4, 0.5) is 0 Å². The first-order chi connectivity index (χ1) is 12.1. The maximum atomic E-state index is 8.71. The highest BCUT2D eigenvalue weighted by atomic mass is 35.5. The van der Waals surface area contributed by atoms with E-state index in [-0.39, 0.29) is 6.61 Å². The van der Waals surface area contributed by atoms with Gasteiger partial charge in [0.15, 0.2) is 11.5 Å². The predicted molar refractivity (Wildman–Crippen MR) is 101 cm³/mol. The fraction of sp³-hybridized carbons (Fsp3) is 0.278. The van der Waals surface area contributed by atoms with Gasteiger partial charge in [-0.3, -0.25) is 0 Å². The number of aliphatic hydroxyl groups is 1. The molecule has 0 spiro atoms. The van der Waals surface area contributed by atoms with Crippen LogP contribution in [0.5, 0.6) is 11.5 Å². The number of nitrogens with zero attached hydrogens (tertiary/aromatic N) is 1. The Morgan fingerprint density at radius 2 is 1.96 bits per heavy atom. The number of halogens is 2. The average molecular weight is 383 g/mol. The molecule has 0 heterocycles. The Balaban J connectivity index is 2.09. The van der Waals surface area contributed by atoms with Gasteiger partial charge < -0.3 is 20.0 Å². The van der Waals surface area contributed by atoms with Crippen molar-refractivity contribution in [3.05, 3.63) is 57.6 Å². The van der Waals surface area contributed by atoms with E-state index in [0.717, 1.165) is 11.1 Å². The number of nitrogens with one attached hydrogen (secondary N) is 1. The Morgan fingerprint density at radius 3 is 2.68 bits per heavy atom. The predicted octanol–water partition coefficient (Wildman–Crippen LogP) is 3.89. The maximum absolute atomic E-state index is 8.71. The molecule has 0 amide bonds. The first-order valence-electron chi connectivity index (χ1n) is 7.84. The summed E-state index contributed by atoms with van der Waals surface area (Å²) in [7, 11) is 0. The van der Waals surface area contributed by atoms with E-state index >= 15 is 0 Å². The summed E-state index contributed by atoms with van der Waals surface area (Å²) in [5, 5.41) is 13.9. The van der Waals surface area contributed by atoms with Crippen LogP contribution in [0.1, 0.15) is 18.1 Å². The second-order valence-corrected chi connectivity index (χ2v) is 5.90. The van der Waals surface area contributed by atoms with Gasteiger partial charge in [-0.1, -0.05) is 29.3 Å². The number of benzene rings is 2. The van der Waals surface area contributed by atoms with Crippen molar-refractivity contribution in [3.63, 3.8) is 0 Å². The molecule has 25 heavy (non-hydrogen) atoms. The van der Waals surface area contributed by atoms with E-state index < -0.39 is 0 Å². The van der Waals surface area contributed by atoms with Gasteiger partial charge in [0.25, 0.3) is 0 Å². The molecule has 0 bridgehead atoms. The SMILES string of the molecule is CCOc1cc(/C=N/NCCO)ccc1OCc1ccc(Cl)cc1Cl. The summed E-state index contributed by atoms with van der Waals surface area (Å²) in [6, 6.07) is 10.8. The monoisotopic (exact) mass is 382 g/mol. The van der Waals surface area contributed by atoms with Crippen LogP contribution in [-0.2, 0) is 6.61 Å². The number of aliphatic hydroxyl groups excluding tert-OH is 1. The molecular weight excluding hydrogens is 363 g/mol. The molecule has 2 N–H and O–H groups in total. The molecule has 5 nitrogen and oxygen atoms in total. The minimum Gasteiger partial charge on any atom is -0.490 e. The highest BCUT2D eigenvalue weighted by molar-refractivity contribution is 6.35. The van der Waals surface area contributed by atoms with Gasteiger partial charge >= 0.3 is 0 Å². The van der Waals surface area contributed by atoms with Gasteiger partial charge in [-0.2, -0.15) is 5.10 Å². The summed E-state index contributed by atoms with van der Waals surface area (Å²) in [5.41, 5.74) is 4.42. The summed E-state index contributed by atoms with van der Waals surface area (Å²) in [6.45, 7) is 3.16. The second-order valence-electron chi connectivity index (χ2n) is 5.05. The molecule has 0 aromatic heterocycles. The van der Waals surface area contributed by atoms with Gasteiger partial charge in [-0.05, 0) is 42.8 Å². The second kappa shape index (κ2) is 10.1. The molecule has 0 fully saturated rings. The number of hydrogen-bond donors (Lipinski definition) is 2. The van der Waals surface area contributed by atoms with Crippen molar-refractivity contribution in [3.8, 4) is 11.5 Å². The Morgan fingerprint density at radius 1 is 1.12 bits per heavy atom. The molecule has 0 unspecified atom stereocenters. The summed E-state index contributed by atoms with van der Waals surface area (Å²) in [5.74, 6) is 1.24. The number of hydrazone groups is 1. The van der Waals surface area contributed by atoms with Crippen molar-refractivity contribution in [2.24, 2.45) is 5.10 Å². The number of ether oxygens (including phenoxy) is 2. The first-order valence-corrected chi connectivity index (χ1v) is 8.60. The molecule has 2 aromatic rings. The molecule has 0 saturated carbocycles. The molecule has 0 aliphatic heterocycles. The average Bonchev–Trinajstić information content (AvgIpc) is 2.59. The summed E-state index contributed by atoms with van der Waals surface area (Å²) in [6.07, 6.45) is 1.65. The number of hydrogen-bond acceptors (Lipinski definition) is 5. The zero-order chi connectivity index (χ0) is 18.1. The van der Waals surface area contributed by atoms with Crippen molar-refractivity contribution in [2.75, 3.05) is 19.8 Å². The Labute approximate surface area is 157 Å². The molecular formula is C18H20Cl2N2O3. The van der Waals surface area contributed by atoms with Gasteiger partial charge in [-0.15, -0.1) is 0 Å². The van der Waals surface area contributed by atoms with Crippen molar-refractivity contribution < 1.29 is 14.6 Å². The molecule has 134 valence electrons. The lowest BCUT2D eigenvalue weighted by Crippen LogP contribution is -2.11. The highest BCUT2D eigenvalue weighted by Gasteiger charge is 2.08. The molecule has 2 rings (SSSR count). The summed E-state index contributed by atoms with van der Waals surface area (Å²) >= 11 is 12.1. The van der Waals surface area contributed by atoms with E-state index in [4.69, 9.17) is 37.8 Å². The Hall–Kier alpha value is -1.95. The number of rotatable bonds is 9.